The molecule has 0 radical (unpaired) electrons. The van der Waals surface area contributed by atoms with Crippen LogP contribution >= 0.6 is 23.4 Å². The van der Waals surface area contributed by atoms with Crippen molar-refractivity contribution in [3.63, 3.8) is 0 Å². The lowest BCUT2D eigenvalue weighted by molar-refractivity contribution is -0.123. The molecule has 1 aliphatic rings. The van der Waals surface area contributed by atoms with E-state index in [-0.39, 0.29) is 40.1 Å². The highest BCUT2D eigenvalue weighted by Crippen LogP contribution is 2.39. The SMILES string of the molecule is COc1cc(/C=C2/SC(=O)N(C(C)C)C2=O)cc(Cl)c1OCc1cccc(C(=O)O)c1. The van der Waals surface area contributed by atoms with Gasteiger partial charge in [-0.2, -0.15) is 0 Å². The zero-order valence-electron chi connectivity index (χ0n) is 17.0. The molecule has 0 saturated carbocycles. The number of carboxylic acid groups (broad SMARTS) is 1. The van der Waals surface area contributed by atoms with E-state index in [1.807, 2.05) is 0 Å². The van der Waals surface area contributed by atoms with Crippen molar-refractivity contribution in [2.75, 3.05) is 7.11 Å². The highest BCUT2D eigenvalue weighted by molar-refractivity contribution is 8.18. The van der Waals surface area contributed by atoms with E-state index in [4.69, 9.17) is 26.2 Å². The molecule has 1 aliphatic heterocycles. The summed E-state index contributed by atoms with van der Waals surface area (Å²) in [6.45, 7) is 3.64. The highest BCUT2D eigenvalue weighted by atomic mass is 35.5. The topological polar surface area (TPSA) is 93.1 Å². The number of aromatic carboxylic acids is 1. The van der Waals surface area contributed by atoms with Gasteiger partial charge < -0.3 is 14.6 Å². The number of rotatable bonds is 7. The summed E-state index contributed by atoms with van der Waals surface area (Å²) in [4.78, 5) is 37.2. The third-order valence-corrected chi connectivity index (χ3v) is 5.61. The molecule has 1 heterocycles. The molecule has 7 nitrogen and oxygen atoms in total. The van der Waals surface area contributed by atoms with Crippen LogP contribution < -0.4 is 9.47 Å². The van der Waals surface area contributed by atoms with Crippen LogP contribution in [0.4, 0.5) is 4.79 Å². The molecule has 2 amide bonds. The minimum atomic E-state index is -1.02. The lowest BCUT2D eigenvalue weighted by atomic mass is 10.1. The quantitative estimate of drug-likeness (QED) is 0.575. The number of nitrogens with zero attached hydrogens (tertiary/aromatic N) is 1. The summed E-state index contributed by atoms with van der Waals surface area (Å²) in [5.41, 5.74) is 1.39. The van der Waals surface area contributed by atoms with Crippen molar-refractivity contribution in [3.8, 4) is 11.5 Å². The molecule has 9 heteroatoms. The Balaban J connectivity index is 1.84. The van der Waals surface area contributed by atoms with E-state index in [9.17, 15) is 14.4 Å². The molecule has 162 valence electrons. The van der Waals surface area contributed by atoms with Gasteiger partial charge in [-0.15, -0.1) is 0 Å². The number of benzene rings is 2. The minimum Gasteiger partial charge on any atom is -0.493 e. The Morgan fingerprint density at radius 1 is 1.26 bits per heavy atom. The van der Waals surface area contributed by atoms with Gasteiger partial charge in [0.1, 0.15) is 6.61 Å². The molecule has 1 N–H and O–H groups in total. The minimum absolute atomic E-state index is 0.0871. The molecule has 31 heavy (non-hydrogen) atoms. The summed E-state index contributed by atoms with van der Waals surface area (Å²) in [6, 6.07) is 9.42. The van der Waals surface area contributed by atoms with Crippen LogP contribution in [0.1, 0.15) is 35.3 Å². The third kappa shape index (κ3) is 5.03. The molecule has 2 aromatic rings. The lowest BCUT2D eigenvalue weighted by Crippen LogP contribution is -2.34. The average molecular weight is 462 g/mol. The van der Waals surface area contributed by atoms with Crippen molar-refractivity contribution in [1.82, 2.24) is 4.90 Å². The first-order chi connectivity index (χ1) is 14.7. The fourth-order valence-corrected chi connectivity index (χ4v) is 4.22. The normalized spacial score (nSPS) is 15.1. The fourth-order valence-electron chi connectivity index (χ4n) is 2.99. The molecule has 1 saturated heterocycles. The lowest BCUT2D eigenvalue weighted by Gasteiger charge is -2.16. The number of amides is 2. The Morgan fingerprint density at radius 2 is 2.00 bits per heavy atom. The van der Waals surface area contributed by atoms with Crippen molar-refractivity contribution < 1.29 is 29.0 Å². The largest absolute Gasteiger partial charge is 0.493 e. The summed E-state index contributed by atoms with van der Waals surface area (Å²) in [5, 5.41) is 9.05. The predicted octanol–water partition coefficient (Wildman–Crippen LogP) is 5.07. The van der Waals surface area contributed by atoms with Crippen LogP contribution in [-0.2, 0) is 11.4 Å². The number of ether oxygens (including phenoxy) is 2. The van der Waals surface area contributed by atoms with Crippen LogP contribution in [0.3, 0.4) is 0 Å². The van der Waals surface area contributed by atoms with E-state index in [1.165, 1.54) is 24.1 Å². The van der Waals surface area contributed by atoms with Gasteiger partial charge in [0.2, 0.25) is 0 Å². The van der Waals surface area contributed by atoms with Crippen molar-refractivity contribution in [2.45, 2.75) is 26.5 Å². The molecular weight excluding hydrogens is 442 g/mol. The van der Waals surface area contributed by atoms with Gasteiger partial charge in [-0.25, -0.2) is 4.79 Å². The van der Waals surface area contributed by atoms with Gasteiger partial charge >= 0.3 is 5.97 Å². The van der Waals surface area contributed by atoms with E-state index in [0.29, 0.717) is 21.8 Å². The van der Waals surface area contributed by atoms with Gasteiger partial charge in [0.25, 0.3) is 11.1 Å². The van der Waals surface area contributed by atoms with Crippen molar-refractivity contribution >= 4 is 46.6 Å². The fraction of sp³-hybridized carbons (Fsp3) is 0.227. The first-order valence-electron chi connectivity index (χ1n) is 9.31. The summed E-state index contributed by atoms with van der Waals surface area (Å²) in [6.07, 6.45) is 1.59. The Bertz CT molecular complexity index is 1080. The molecule has 0 atom stereocenters. The first kappa shape index (κ1) is 22.7. The molecule has 0 aliphatic carbocycles. The van der Waals surface area contributed by atoms with Crippen LogP contribution in [0, 0.1) is 0 Å². The summed E-state index contributed by atoms with van der Waals surface area (Å²) < 4.78 is 11.2. The summed E-state index contributed by atoms with van der Waals surface area (Å²) >= 11 is 7.27. The summed E-state index contributed by atoms with van der Waals surface area (Å²) in [7, 11) is 1.46. The number of carbonyl (C=O) groups is 3. The molecular formula is C22H20ClNO6S. The molecule has 0 spiro atoms. The molecule has 3 rings (SSSR count). The number of hydrogen-bond donors (Lipinski definition) is 1. The Labute approximate surface area is 188 Å². The maximum atomic E-state index is 12.5. The van der Waals surface area contributed by atoms with Gasteiger partial charge in [0.15, 0.2) is 11.5 Å². The third-order valence-electron chi connectivity index (χ3n) is 4.45. The second kappa shape index (κ2) is 9.45. The van der Waals surface area contributed by atoms with Crippen LogP contribution in [-0.4, -0.2) is 40.3 Å². The number of methoxy groups -OCH3 is 1. The monoisotopic (exact) mass is 461 g/mol. The first-order valence-corrected chi connectivity index (χ1v) is 10.5. The van der Waals surface area contributed by atoms with Gasteiger partial charge in [-0.1, -0.05) is 23.7 Å². The average Bonchev–Trinajstić information content (AvgIpc) is 3.00. The van der Waals surface area contributed by atoms with Gasteiger partial charge in [-0.3, -0.25) is 14.5 Å². The molecule has 1 fully saturated rings. The number of thioether (sulfide) groups is 1. The Hall–Kier alpha value is -2.97. The zero-order chi connectivity index (χ0) is 22.7. The Kier molecular flexibility index (Phi) is 6.92. The highest BCUT2D eigenvalue weighted by Gasteiger charge is 2.36. The number of imide groups is 1. The van der Waals surface area contributed by atoms with Crippen LogP contribution in [0.2, 0.25) is 5.02 Å². The van der Waals surface area contributed by atoms with E-state index >= 15 is 0 Å². The van der Waals surface area contributed by atoms with Crippen molar-refractivity contribution in [1.29, 1.82) is 0 Å². The second-order valence-electron chi connectivity index (χ2n) is 6.97. The van der Waals surface area contributed by atoms with Gasteiger partial charge in [-0.05, 0) is 67.1 Å². The van der Waals surface area contributed by atoms with Crippen LogP contribution in [0.25, 0.3) is 6.08 Å². The second-order valence-corrected chi connectivity index (χ2v) is 8.37. The van der Waals surface area contributed by atoms with Crippen molar-refractivity contribution in [2.24, 2.45) is 0 Å². The van der Waals surface area contributed by atoms with Crippen LogP contribution in [0.15, 0.2) is 41.3 Å². The van der Waals surface area contributed by atoms with Gasteiger partial charge in [0, 0.05) is 6.04 Å². The molecule has 0 bridgehead atoms. The zero-order valence-corrected chi connectivity index (χ0v) is 18.6. The Morgan fingerprint density at radius 3 is 2.61 bits per heavy atom. The number of carbonyl (C=O) groups excluding carboxylic acids is 2. The molecule has 0 unspecified atom stereocenters. The van der Waals surface area contributed by atoms with Crippen LogP contribution in [0.5, 0.6) is 11.5 Å². The predicted molar refractivity (Wildman–Crippen MR) is 119 cm³/mol. The van der Waals surface area contributed by atoms with E-state index in [0.717, 1.165) is 11.8 Å². The maximum absolute atomic E-state index is 12.5. The summed E-state index contributed by atoms with van der Waals surface area (Å²) in [5.74, 6) is -0.740. The van der Waals surface area contributed by atoms with E-state index in [1.54, 1.807) is 44.2 Å². The standard InChI is InChI=1S/C22H20ClNO6S/c1-12(2)24-20(25)18(31-22(24)28)10-14-8-16(23)19(17(9-14)29-3)30-11-13-5-4-6-15(7-13)21(26)27/h4-10,12H,11H2,1-3H3,(H,26,27)/b18-10+. The maximum Gasteiger partial charge on any atom is 0.335 e. The number of hydrogen-bond acceptors (Lipinski definition) is 6. The van der Waals surface area contributed by atoms with E-state index < -0.39 is 5.97 Å². The molecule has 2 aromatic carbocycles. The number of carboxylic acids is 1. The molecule has 0 aromatic heterocycles. The van der Waals surface area contributed by atoms with Crippen molar-refractivity contribution in [3.05, 3.63) is 63.0 Å². The smallest absolute Gasteiger partial charge is 0.335 e. The van der Waals surface area contributed by atoms with Gasteiger partial charge in [0.05, 0.1) is 22.6 Å². The number of halogens is 1. The van der Waals surface area contributed by atoms with E-state index in [2.05, 4.69) is 0 Å².